The third kappa shape index (κ3) is 3.36. The van der Waals surface area contributed by atoms with E-state index in [1.165, 1.54) is 4.57 Å². The number of nitrogens with two attached hydrogens (primary N) is 1. The monoisotopic (exact) mass is 371 g/mol. The first-order valence-electron chi connectivity index (χ1n) is 7.96. The first kappa shape index (κ1) is 17.8. The molecule has 3 N–H and O–H groups in total. The van der Waals surface area contributed by atoms with E-state index in [0.717, 1.165) is 16.9 Å². The fourth-order valence-electron chi connectivity index (χ4n) is 2.85. The molecule has 3 aromatic rings. The van der Waals surface area contributed by atoms with Crippen molar-refractivity contribution in [1.82, 2.24) is 9.55 Å². The van der Waals surface area contributed by atoms with Crippen LogP contribution in [-0.4, -0.2) is 26.5 Å². The van der Waals surface area contributed by atoms with Gasteiger partial charge in [-0.1, -0.05) is 30.3 Å². The molecule has 2 aromatic heterocycles. The molecule has 0 saturated heterocycles. The molecule has 26 heavy (non-hydrogen) atoms. The van der Waals surface area contributed by atoms with Crippen LogP contribution < -0.4 is 11.3 Å². The molecule has 0 aliphatic heterocycles. The van der Waals surface area contributed by atoms with Crippen LogP contribution in [-0.2, 0) is 17.8 Å². The first-order valence-corrected chi connectivity index (χ1v) is 8.78. The lowest BCUT2D eigenvalue weighted by Gasteiger charge is -2.12. The maximum absolute atomic E-state index is 13.0. The zero-order valence-corrected chi connectivity index (χ0v) is 14.9. The minimum absolute atomic E-state index is 0.0144. The predicted octanol–water partition coefficient (Wildman–Crippen LogP) is 1.93. The predicted molar refractivity (Wildman–Crippen MR) is 98.6 cm³/mol. The lowest BCUT2D eigenvalue weighted by Crippen LogP contribution is -2.26. The van der Waals surface area contributed by atoms with Crippen LogP contribution in [0.15, 0.2) is 35.1 Å². The third-order valence-electron chi connectivity index (χ3n) is 4.11. The van der Waals surface area contributed by atoms with Gasteiger partial charge in [-0.05, 0) is 18.1 Å². The van der Waals surface area contributed by atoms with E-state index in [0.29, 0.717) is 32.9 Å². The molecule has 0 aliphatic carbocycles. The Hall–Kier alpha value is -3.00. The molecule has 0 fully saturated rings. The second-order valence-corrected chi connectivity index (χ2v) is 6.89. The smallest absolute Gasteiger partial charge is 0.305 e. The van der Waals surface area contributed by atoms with Crippen LogP contribution >= 0.6 is 11.3 Å². The summed E-state index contributed by atoms with van der Waals surface area (Å²) in [7, 11) is 0. The molecule has 0 saturated carbocycles. The summed E-state index contributed by atoms with van der Waals surface area (Å²) in [5.74, 6) is -1.14. The zero-order chi connectivity index (χ0) is 18.8. The van der Waals surface area contributed by atoms with Crippen molar-refractivity contribution >= 4 is 33.4 Å². The van der Waals surface area contributed by atoms with Crippen molar-refractivity contribution in [2.24, 2.45) is 5.73 Å². The topological polar surface area (TPSA) is 115 Å². The third-order valence-corrected chi connectivity index (χ3v) is 5.31. The van der Waals surface area contributed by atoms with Crippen molar-refractivity contribution < 1.29 is 14.7 Å². The number of carboxylic acid groups (broad SMARTS) is 1. The molecule has 0 unspecified atom stereocenters. The van der Waals surface area contributed by atoms with Gasteiger partial charge in [-0.3, -0.25) is 19.0 Å². The fraction of sp³-hybridized carbons (Fsp3) is 0.222. The van der Waals surface area contributed by atoms with E-state index in [1.807, 2.05) is 30.3 Å². The molecule has 7 nitrogen and oxygen atoms in total. The van der Waals surface area contributed by atoms with Crippen LogP contribution in [0.3, 0.4) is 0 Å². The largest absolute Gasteiger partial charge is 0.481 e. The molecular weight excluding hydrogens is 354 g/mol. The highest BCUT2D eigenvalue weighted by molar-refractivity contribution is 7.20. The second-order valence-electron chi connectivity index (χ2n) is 5.89. The number of aliphatic carboxylic acids is 1. The minimum Gasteiger partial charge on any atom is -0.481 e. The van der Waals surface area contributed by atoms with Crippen LogP contribution in [0, 0.1) is 6.92 Å². The Bertz CT molecular complexity index is 1050. The molecule has 0 bridgehead atoms. The quantitative estimate of drug-likeness (QED) is 0.687. The van der Waals surface area contributed by atoms with Crippen molar-refractivity contribution in [3.05, 3.63) is 62.5 Å². The summed E-state index contributed by atoms with van der Waals surface area (Å²) in [6.07, 6.45) is 0.190. The number of hydrogen-bond donors (Lipinski definition) is 2. The highest BCUT2D eigenvalue weighted by Gasteiger charge is 2.20. The van der Waals surface area contributed by atoms with Crippen molar-refractivity contribution in [3.8, 4) is 0 Å². The van der Waals surface area contributed by atoms with Gasteiger partial charge in [-0.2, -0.15) is 0 Å². The van der Waals surface area contributed by atoms with Crippen LogP contribution in [0.5, 0.6) is 0 Å². The number of benzene rings is 1. The van der Waals surface area contributed by atoms with E-state index in [9.17, 15) is 14.4 Å². The Morgan fingerprint density at radius 1 is 1.27 bits per heavy atom. The number of carbonyl (C=O) groups is 2. The van der Waals surface area contributed by atoms with Gasteiger partial charge in [0.15, 0.2) is 0 Å². The molecule has 1 amide bonds. The molecule has 0 spiro atoms. The van der Waals surface area contributed by atoms with Crippen LogP contribution in [0.25, 0.3) is 10.2 Å². The number of thiophene rings is 1. The molecule has 134 valence electrons. The summed E-state index contributed by atoms with van der Waals surface area (Å²) >= 11 is 1.09. The van der Waals surface area contributed by atoms with Crippen LogP contribution in [0.1, 0.15) is 33.0 Å². The van der Waals surface area contributed by atoms with E-state index in [4.69, 9.17) is 10.8 Å². The number of aromatic nitrogens is 2. The summed E-state index contributed by atoms with van der Waals surface area (Å²) in [5, 5.41) is 9.32. The maximum atomic E-state index is 13.0. The van der Waals surface area contributed by atoms with Gasteiger partial charge < -0.3 is 10.8 Å². The molecule has 0 radical (unpaired) electrons. The molecule has 0 aliphatic rings. The summed E-state index contributed by atoms with van der Waals surface area (Å²) in [5.41, 5.74) is 6.48. The first-order chi connectivity index (χ1) is 12.4. The normalized spacial score (nSPS) is 11.0. The summed E-state index contributed by atoms with van der Waals surface area (Å²) in [6, 6.07) is 9.47. The summed E-state index contributed by atoms with van der Waals surface area (Å²) < 4.78 is 1.38. The van der Waals surface area contributed by atoms with Crippen LogP contribution in [0.4, 0.5) is 0 Å². The molecule has 3 rings (SSSR count). The Labute approximate surface area is 152 Å². The number of amides is 1. The lowest BCUT2D eigenvalue weighted by molar-refractivity contribution is -0.137. The van der Waals surface area contributed by atoms with Gasteiger partial charge in [-0.15, -0.1) is 11.3 Å². The Morgan fingerprint density at radius 3 is 2.58 bits per heavy atom. The Balaban J connectivity index is 2.20. The number of aryl methyl sites for hydroxylation is 1. The van der Waals surface area contributed by atoms with Crippen molar-refractivity contribution in [2.45, 2.75) is 26.3 Å². The second kappa shape index (κ2) is 7.09. The molecule has 1 aromatic carbocycles. The maximum Gasteiger partial charge on any atom is 0.305 e. The number of carbonyl (C=O) groups excluding carboxylic acids is 1. The van der Waals surface area contributed by atoms with Crippen molar-refractivity contribution in [3.63, 3.8) is 0 Å². The van der Waals surface area contributed by atoms with Gasteiger partial charge in [0.25, 0.3) is 11.5 Å². The highest BCUT2D eigenvalue weighted by atomic mass is 32.1. The summed E-state index contributed by atoms with van der Waals surface area (Å²) in [4.78, 5) is 40.9. The van der Waals surface area contributed by atoms with Gasteiger partial charge in [0.05, 0.1) is 16.7 Å². The number of primary amides is 1. The lowest BCUT2D eigenvalue weighted by atomic mass is 10.1. The fourth-order valence-corrected chi connectivity index (χ4v) is 3.89. The van der Waals surface area contributed by atoms with Crippen molar-refractivity contribution in [2.75, 3.05) is 0 Å². The number of carboxylic acids is 1. The molecule has 0 atom stereocenters. The highest BCUT2D eigenvalue weighted by Crippen LogP contribution is 2.27. The van der Waals surface area contributed by atoms with E-state index >= 15 is 0 Å². The van der Waals surface area contributed by atoms with Gasteiger partial charge in [0.2, 0.25) is 0 Å². The van der Waals surface area contributed by atoms with Gasteiger partial charge >= 0.3 is 5.97 Å². The van der Waals surface area contributed by atoms with E-state index < -0.39 is 11.9 Å². The number of rotatable bonds is 6. The SMILES string of the molecule is Cc1c(C(N)=O)sc2nc(Cc3ccccc3)n(CCC(=O)O)c(=O)c12. The number of hydrogen-bond acceptors (Lipinski definition) is 5. The minimum atomic E-state index is -0.998. The average molecular weight is 371 g/mol. The zero-order valence-electron chi connectivity index (χ0n) is 14.1. The van der Waals surface area contributed by atoms with Crippen LogP contribution in [0.2, 0.25) is 0 Å². The van der Waals surface area contributed by atoms with E-state index in [1.54, 1.807) is 6.92 Å². The average Bonchev–Trinajstić information content (AvgIpc) is 2.92. The standard InChI is InChI=1S/C18H17N3O4S/c1-10-14-17(26-15(10)16(19)24)20-12(9-11-5-3-2-4-6-11)21(18(14)25)8-7-13(22)23/h2-6H,7-9H2,1H3,(H2,19,24)(H,22,23). The van der Waals surface area contributed by atoms with Gasteiger partial charge in [0, 0.05) is 13.0 Å². The van der Waals surface area contributed by atoms with Gasteiger partial charge in [-0.25, -0.2) is 4.98 Å². The molecule has 2 heterocycles. The number of fused-ring (bicyclic) bond motifs is 1. The summed E-state index contributed by atoms with van der Waals surface area (Å²) in [6.45, 7) is 1.67. The Morgan fingerprint density at radius 2 is 1.96 bits per heavy atom. The van der Waals surface area contributed by atoms with Gasteiger partial charge in [0.1, 0.15) is 10.7 Å². The molecule has 8 heteroatoms. The number of nitrogens with zero attached hydrogens (tertiary/aromatic N) is 2. The Kier molecular flexibility index (Phi) is 4.85. The van der Waals surface area contributed by atoms with E-state index in [-0.39, 0.29) is 18.5 Å². The van der Waals surface area contributed by atoms with Crippen molar-refractivity contribution in [1.29, 1.82) is 0 Å². The van der Waals surface area contributed by atoms with E-state index in [2.05, 4.69) is 4.98 Å². The molecular formula is C18H17N3O4S.